The van der Waals surface area contributed by atoms with Crippen LogP contribution in [0.15, 0.2) is 0 Å². The molecule has 0 bridgehead atoms. The van der Waals surface area contributed by atoms with Crippen LogP contribution >= 0.6 is 0 Å². The van der Waals surface area contributed by atoms with Crippen LogP contribution in [0.2, 0.25) is 0 Å². The van der Waals surface area contributed by atoms with Crippen LogP contribution in [0.4, 0.5) is 0 Å². The minimum atomic E-state index is 0.403. The Labute approximate surface area is 125 Å². The van der Waals surface area contributed by atoms with Crippen LogP contribution < -0.4 is 5.32 Å². The van der Waals surface area contributed by atoms with E-state index in [2.05, 4.69) is 24.1 Å². The molecule has 3 aliphatic rings. The van der Waals surface area contributed by atoms with E-state index in [-0.39, 0.29) is 0 Å². The van der Waals surface area contributed by atoms with Crippen molar-refractivity contribution in [2.75, 3.05) is 19.6 Å². The Bertz CT molecular complexity index is 307. The second-order valence-electron chi connectivity index (χ2n) is 7.91. The van der Waals surface area contributed by atoms with Crippen molar-refractivity contribution in [2.45, 2.75) is 83.2 Å². The third-order valence-corrected chi connectivity index (χ3v) is 6.41. The molecule has 2 saturated carbocycles. The van der Waals surface area contributed by atoms with Crippen LogP contribution in [0.1, 0.15) is 71.6 Å². The van der Waals surface area contributed by atoms with E-state index in [0.29, 0.717) is 5.54 Å². The molecule has 2 unspecified atom stereocenters. The number of hydrogen-bond donors (Lipinski definition) is 1. The lowest BCUT2D eigenvalue weighted by molar-refractivity contribution is 0.0277. The average molecular weight is 278 g/mol. The van der Waals surface area contributed by atoms with E-state index in [4.69, 9.17) is 0 Å². The van der Waals surface area contributed by atoms with Crippen molar-refractivity contribution >= 4 is 0 Å². The molecule has 20 heavy (non-hydrogen) atoms. The highest BCUT2D eigenvalue weighted by Crippen LogP contribution is 2.35. The third-order valence-electron chi connectivity index (χ3n) is 6.41. The molecule has 3 rings (SSSR count). The molecule has 1 heterocycles. The van der Waals surface area contributed by atoms with Crippen molar-refractivity contribution in [1.82, 2.24) is 10.2 Å². The summed E-state index contributed by atoms with van der Waals surface area (Å²) in [5.41, 5.74) is 0.403. The predicted octanol–water partition coefficient (Wildman–Crippen LogP) is 3.81. The Morgan fingerprint density at radius 3 is 2.50 bits per heavy atom. The smallest absolute Gasteiger partial charge is 0.0303 e. The first-order chi connectivity index (χ1) is 9.71. The normalized spacial score (nSPS) is 37.2. The molecule has 0 spiro atoms. The summed E-state index contributed by atoms with van der Waals surface area (Å²) >= 11 is 0. The van der Waals surface area contributed by atoms with Gasteiger partial charge in [0.05, 0.1) is 0 Å². The molecule has 0 amide bonds. The van der Waals surface area contributed by atoms with Crippen molar-refractivity contribution in [3.05, 3.63) is 0 Å². The number of nitrogens with zero attached hydrogens (tertiary/aromatic N) is 1. The second-order valence-corrected chi connectivity index (χ2v) is 7.91. The fourth-order valence-corrected chi connectivity index (χ4v) is 4.29. The molecule has 2 nitrogen and oxygen atoms in total. The molecule has 2 aliphatic carbocycles. The van der Waals surface area contributed by atoms with Crippen molar-refractivity contribution in [1.29, 1.82) is 0 Å². The summed E-state index contributed by atoms with van der Waals surface area (Å²) in [4.78, 5) is 2.85. The molecular formula is C18H34N2. The summed E-state index contributed by atoms with van der Waals surface area (Å²) in [6.45, 7) is 8.70. The zero-order valence-electron chi connectivity index (χ0n) is 13.7. The van der Waals surface area contributed by atoms with Crippen LogP contribution in [-0.4, -0.2) is 36.1 Å². The summed E-state index contributed by atoms with van der Waals surface area (Å²) in [6, 6.07) is 0.772. The Balaban J connectivity index is 1.58. The first-order valence-electron chi connectivity index (χ1n) is 9.20. The lowest BCUT2D eigenvalue weighted by Crippen LogP contribution is -2.64. The lowest BCUT2D eigenvalue weighted by Gasteiger charge is -2.50. The SMILES string of the molecule is CCC1(C)CNC(C2CCCCC2)CN1CCC1CC1. The fourth-order valence-electron chi connectivity index (χ4n) is 4.29. The van der Waals surface area contributed by atoms with Gasteiger partial charge in [-0.15, -0.1) is 0 Å². The molecule has 116 valence electrons. The van der Waals surface area contributed by atoms with Crippen LogP contribution in [0.5, 0.6) is 0 Å². The van der Waals surface area contributed by atoms with Gasteiger partial charge in [0.2, 0.25) is 0 Å². The Morgan fingerprint density at radius 2 is 1.85 bits per heavy atom. The Kier molecular flexibility index (Phi) is 4.72. The number of nitrogens with one attached hydrogen (secondary N) is 1. The molecule has 1 aliphatic heterocycles. The van der Waals surface area contributed by atoms with Gasteiger partial charge < -0.3 is 5.32 Å². The second kappa shape index (κ2) is 6.36. The average Bonchev–Trinajstić information content (AvgIpc) is 3.31. The van der Waals surface area contributed by atoms with E-state index in [0.717, 1.165) is 17.9 Å². The van der Waals surface area contributed by atoms with Gasteiger partial charge in [0.15, 0.2) is 0 Å². The molecule has 1 saturated heterocycles. The third kappa shape index (κ3) is 3.39. The van der Waals surface area contributed by atoms with Gasteiger partial charge in [-0.2, -0.15) is 0 Å². The molecular weight excluding hydrogens is 244 g/mol. The minimum Gasteiger partial charge on any atom is -0.311 e. The van der Waals surface area contributed by atoms with Gasteiger partial charge >= 0.3 is 0 Å². The highest BCUT2D eigenvalue weighted by molar-refractivity contribution is 4.97. The van der Waals surface area contributed by atoms with Gasteiger partial charge in [0, 0.05) is 24.7 Å². The van der Waals surface area contributed by atoms with Crippen LogP contribution in [0, 0.1) is 11.8 Å². The molecule has 2 heteroatoms. The van der Waals surface area contributed by atoms with Gasteiger partial charge in [-0.1, -0.05) is 39.0 Å². The standard InChI is InChI=1S/C18H34N2/c1-3-18(2)14-19-17(16-7-5-4-6-8-16)13-20(18)12-11-15-9-10-15/h15-17,19H,3-14H2,1-2H3. The van der Waals surface area contributed by atoms with Gasteiger partial charge in [-0.05, 0) is 51.0 Å². The topological polar surface area (TPSA) is 15.3 Å². The highest BCUT2D eigenvalue weighted by atomic mass is 15.3. The summed E-state index contributed by atoms with van der Waals surface area (Å²) in [7, 11) is 0. The zero-order valence-corrected chi connectivity index (χ0v) is 13.7. The monoisotopic (exact) mass is 278 g/mol. The van der Waals surface area contributed by atoms with Gasteiger partial charge in [-0.25, -0.2) is 0 Å². The first kappa shape index (κ1) is 14.8. The molecule has 0 aromatic heterocycles. The van der Waals surface area contributed by atoms with E-state index >= 15 is 0 Å². The largest absolute Gasteiger partial charge is 0.311 e. The van der Waals surface area contributed by atoms with Crippen LogP contribution in [0.25, 0.3) is 0 Å². The van der Waals surface area contributed by atoms with Gasteiger partial charge in [0.25, 0.3) is 0 Å². The van der Waals surface area contributed by atoms with Crippen LogP contribution in [0.3, 0.4) is 0 Å². The maximum Gasteiger partial charge on any atom is 0.0303 e. The highest BCUT2D eigenvalue weighted by Gasteiger charge is 2.39. The first-order valence-corrected chi connectivity index (χ1v) is 9.20. The molecule has 2 atom stereocenters. The van der Waals surface area contributed by atoms with E-state index in [1.165, 1.54) is 77.4 Å². The maximum atomic E-state index is 3.92. The van der Waals surface area contributed by atoms with Crippen molar-refractivity contribution < 1.29 is 0 Å². The molecule has 1 N–H and O–H groups in total. The minimum absolute atomic E-state index is 0.403. The fraction of sp³-hybridized carbons (Fsp3) is 1.00. The Hall–Kier alpha value is -0.0800. The maximum absolute atomic E-state index is 3.92. The Morgan fingerprint density at radius 1 is 1.10 bits per heavy atom. The summed E-state index contributed by atoms with van der Waals surface area (Å²) in [5.74, 6) is 2.02. The molecule has 0 radical (unpaired) electrons. The molecule has 0 aromatic rings. The van der Waals surface area contributed by atoms with Crippen molar-refractivity contribution in [3.63, 3.8) is 0 Å². The number of hydrogen-bond acceptors (Lipinski definition) is 2. The molecule has 0 aromatic carbocycles. The molecule has 3 fully saturated rings. The quantitative estimate of drug-likeness (QED) is 0.822. The van der Waals surface area contributed by atoms with Gasteiger partial charge in [-0.3, -0.25) is 4.90 Å². The summed E-state index contributed by atoms with van der Waals surface area (Å²) in [5, 5.41) is 3.92. The number of rotatable bonds is 5. The predicted molar refractivity (Wildman–Crippen MR) is 86.0 cm³/mol. The summed E-state index contributed by atoms with van der Waals surface area (Å²) < 4.78 is 0. The number of piperazine rings is 1. The van der Waals surface area contributed by atoms with E-state index in [1.54, 1.807) is 0 Å². The van der Waals surface area contributed by atoms with E-state index in [1.807, 2.05) is 0 Å². The lowest BCUT2D eigenvalue weighted by atomic mass is 9.80. The zero-order chi connectivity index (χ0) is 14.0. The van der Waals surface area contributed by atoms with Crippen molar-refractivity contribution in [3.8, 4) is 0 Å². The van der Waals surface area contributed by atoms with Crippen molar-refractivity contribution in [2.24, 2.45) is 11.8 Å². The van der Waals surface area contributed by atoms with E-state index < -0.39 is 0 Å². The summed E-state index contributed by atoms with van der Waals surface area (Å²) in [6.07, 6.45) is 13.1. The van der Waals surface area contributed by atoms with Crippen LogP contribution in [-0.2, 0) is 0 Å². The van der Waals surface area contributed by atoms with Gasteiger partial charge in [0.1, 0.15) is 0 Å². The van der Waals surface area contributed by atoms with E-state index in [9.17, 15) is 0 Å².